The lowest BCUT2D eigenvalue weighted by molar-refractivity contribution is -0.120. The molecule has 0 bridgehead atoms. The second-order valence-corrected chi connectivity index (χ2v) is 5.03. The molecule has 1 aromatic carbocycles. The third-order valence-electron chi connectivity index (χ3n) is 2.75. The standard InChI is InChI=1S/C13H17NO3/c1-13(2,16)7-9-4-5-11-10(6-9)14(3)12(15)8-17-11/h4-6,16H,7-8H2,1-3H3. The van der Waals surface area contributed by atoms with Crippen molar-refractivity contribution in [3.63, 3.8) is 0 Å². The first-order valence-electron chi connectivity index (χ1n) is 5.61. The Kier molecular flexibility index (Phi) is 2.83. The molecule has 1 heterocycles. The van der Waals surface area contributed by atoms with Crippen LogP contribution in [0.15, 0.2) is 18.2 Å². The van der Waals surface area contributed by atoms with Crippen LogP contribution in [0.2, 0.25) is 0 Å². The van der Waals surface area contributed by atoms with Crippen molar-refractivity contribution in [2.75, 3.05) is 18.6 Å². The molecule has 4 nitrogen and oxygen atoms in total. The molecule has 0 saturated carbocycles. The summed E-state index contributed by atoms with van der Waals surface area (Å²) in [5.74, 6) is 0.657. The topological polar surface area (TPSA) is 49.8 Å². The number of carbonyl (C=O) groups is 1. The van der Waals surface area contributed by atoms with Gasteiger partial charge in [-0.1, -0.05) is 6.07 Å². The maximum Gasteiger partial charge on any atom is 0.264 e. The lowest BCUT2D eigenvalue weighted by atomic mass is 9.98. The summed E-state index contributed by atoms with van der Waals surface area (Å²) in [5.41, 5.74) is 0.996. The molecule has 0 fully saturated rings. The fourth-order valence-corrected chi connectivity index (χ4v) is 1.93. The smallest absolute Gasteiger partial charge is 0.264 e. The highest BCUT2D eigenvalue weighted by Crippen LogP contribution is 2.32. The van der Waals surface area contributed by atoms with Gasteiger partial charge in [0.1, 0.15) is 5.75 Å². The number of fused-ring (bicyclic) bond motifs is 1. The minimum atomic E-state index is -0.758. The van der Waals surface area contributed by atoms with E-state index in [4.69, 9.17) is 4.74 Å². The highest BCUT2D eigenvalue weighted by Gasteiger charge is 2.23. The number of hydrogen-bond donors (Lipinski definition) is 1. The Morgan fingerprint density at radius 3 is 2.82 bits per heavy atom. The van der Waals surface area contributed by atoms with Gasteiger partial charge in [-0.2, -0.15) is 0 Å². The van der Waals surface area contributed by atoms with Crippen molar-refractivity contribution >= 4 is 11.6 Å². The summed E-state index contributed by atoms with van der Waals surface area (Å²) >= 11 is 0. The molecule has 1 aliphatic heterocycles. The van der Waals surface area contributed by atoms with Crippen LogP contribution in [0.5, 0.6) is 5.75 Å². The maximum absolute atomic E-state index is 11.5. The predicted molar refractivity (Wildman–Crippen MR) is 65.3 cm³/mol. The molecule has 1 aliphatic rings. The van der Waals surface area contributed by atoms with Gasteiger partial charge in [0.15, 0.2) is 6.61 Å². The zero-order valence-electron chi connectivity index (χ0n) is 10.4. The number of likely N-dealkylation sites (N-methyl/N-ethyl adjacent to an activating group) is 1. The predicted octanol–water partition coefficient (Wildman–Crippen LogP) is 1.36. The normalized spacial score (nSPS) is 15.5. The second-order valence-electron chi connectivity index (χ2n) is 5.03. The van der Waals surface area contributed by atoms with Crippen LogP contribution in [-0.4, -0.2) is 30.3 Å². The van der Waals surface area contributed by atoms with Gasteiger partial charge in [-0.25, -0.2) is 0 Å². The maximum atomic E-state index is 11.5. The van der Waals surface area contributed by atoms with Crippen molar-refractivity contribution in [2.24, 2.45) is 0 Å². The lowest BCUT2D eigenvalue weighted by Crippen LogP contribution is -2.35. The van der Waals surface area contributed by atoms with Gasteiger partial charge in [-0.3, -0.25) is 4.79 Å². The summed E-state index contributed by atoms with van der Waals surface area (Å²) in [6.07, 6.45) is 0.544. The monoisotopic (exact) mass is 235 g/mol. The zero-order chi connectivity index (χ0) is 12.6. The molecule has 92 valence electrons. The summed E-state index contributed by atoms with van der Waals surface area (Å²) in [6, 6.07) is 5.66. The van der Waals surface area contributed by atoms with E-state index in [1.807, 2.05) is 18.2 Å². The van der Waals surface area contributed by atoms with E-state index < -0.39 is 5.60 Å². The third-order valence-corrected chi connectivity index (χ3v) is 2.75. The molecular weight excluding hydrogens is 218 g/mol. The van der Waals surface area contributed by atoms with Crippen LogP contribution in [0.3, 0.4) is 0 Å². The average molecular weight is 235 g/mol. The van der Waals surface area contributed by atoms with Crippen LogP contribution >= 0.6 is 0 Å². The van der Waals surface area contributed by atoms with E-state index in [1.54, 1.807) is 25.8 Å². The Morgan fingerprint density at radius 1 is 1.47 bits per heavy atom. The highest BCUT2D eigenvalue weighted by atomic mass is 16.5. The molecule has 0 radical (unpaired) electrons. The third kappa shape index (κ3) is 2.58. The number of anilines is 1. The molecule has 1 aromatic rings. The molecule has 17 heavy (non-hydrogen) atoms. The van der Waals surface area contributed by atoms with Crippen LogP contribution < -0.4 is 9.64 Å². The number of carbonyl (C=O) groups excluding carboxylic acids is 1. The van der Waals surface area contributed by atoms with E-state index in [0.717, 1.165) is 11.3 Å². The van der Waals surface area contributed by atoms with E-state index >= 15 is 0 Å². The number of hydrogen-bond acceptors (Lipinski definition) is 3. The summed E-state index contributed by atoms with van der Waals surface area (Å²) in [7, 11) is 1.73. The first-order chi connectivity index (χ1) is 7.87. The fraction of sp³-hybridized carbons (Fsp3) is 0.462. The summed E-state index contributed by atoms with van der Waals surface area (Å²) in [4.78, 5) is 13.1. The van der Waals surface area contributed by atoms with E-state index in [-0.39, 0.29) is 12.5 Å². The minimum absolute atomic E-state index is 0.0575. The Bertz CT molecular complexity index is 448. The number of nitrogens with zero attached hydrogens (tertiary/aromatic N) is 1. The Hall–Kier alpha value is -1.55. The second kappa shape index (κ2) is 4.04. The van der Waals surface area contributed by atoms with Crippen LogP contribution in [-0.2, 0) is 11.2 Å². The Labute approximate surface area is 101 Å². The van der Waals surface area contributed by atoms with Crippen LogP contribution in [0.4, 0.5) is 5.69 Å². The van der Waals surface area contributed by atoms with Crippen molar-refractivity contribution in [2.45, 2.75) is 25.9 Å². The molecular formula is C13H17NO3. The SMILES string of the molecule is CN1C(=O)COc2ccc(CC(C)(C)O)cc21. The summed E-state index contributed by atoms with van der Waals surface area (Å²) < 4.78 is 5.34. The molecule has 0 saturated heterocycles. The van der Waals surface area contributed by atoms with Gasteiger partial charge < -0.3 is 14.7 Å². The van der Waals surface area contributed by atoms with Gasteiger partial charge in [-0.05, 0) is 31.5 Å². The molecule has 0 spiro atoms. The molecule has 4 heteroatoms. The Morgan fingerprint density at radius 2 is 2.18 bits per heavy atom. The van der Waals surface area contributed by atoms with Gasteiger partial charge in [-0.15, -0.1) is 0 Å². The quantitative estimate of drug-likeness (QED) is 0.842. The molecule has 0 aromatic heterocycles. The molecule has 0 atom stereocenters. The number of aliphatic hydroxyl groups is 1. The average Bonchev–Trinajstić information content (AvgIpc) is 2.22. The highest BCUT2D eigenvalue weighted by molar-refractivity contribution is 5.97. The molecule has 1 amide bonds. The largest absolute Gasteiger partial charge is 0.482 e. The number of ether oxygens (including phenoxy) is 1. The van der Waals surface area contributed by atoms with Crippen LogP contribution in [0.1, 0.15) is 19.4 Å². The number of rotatable bonds is 2. The zero-order valence-corrected chi connectivity index (χ0v) is 10.4. The van der Waals surface area contributed by atoms with Crippen molar-refractivity contribution in [1.29, 1.82) is 0 Å². The van der Waals surface area contributed by atoms with E-state index in [0.29, 0.717) is 12.2 Å². The first-order valence-corrected chi connectivity index (χ1v) is 5.61. The molecule has 2 rings (SSSR count). The van der Waals surface area contributed by atoms with E-state index in [9.17, 15) is 9.90 Å². The van der Waals surface area contributed by atoms with Crippen LogP contribution in [0, 0.1) is 0 Å². The minimum Gasteiger partial charge on any atom is -0.482 e. The number of amides is 1. The summed E-state index contributed by atoms with van der Waals surface area (Å²) in [5, 5.41) is 9.78. The summed E-state index contributed by atoms with van der Waals surface area (Å²) in [6.45, 7) is 3.62. The molecule has 1 N–H and O–H groups in total. The van der Waals surface area contributed by atoms with Gasteiger partial charge in [0.2, 0.25) is 0 Å². The van der Waals surface area contributed by atoms with Crippen molar-refractivity contribution in [3.8, 4) is 5.75 Å². The van der Waals surface area contributed by atoms with Crippen molar-refractivity contribution < 1.29 is 14.6 Å². The molecule has 0 unspecified atom stereocenters. The van der Waals surface area contributed by atoms with Crippen LogP contribution in [0.25, 0.3) is 0 Å². The van der Waals surface area contributed by atoms with E-state index in [2.05, 4.69) is 0 Å². The van der Waals surface area contributed by atoms with Crippen molar-refractivity contribution in [1.82, 2.24) is 0 Å². The molecule has 0 aliphatic carbocycles. The van der Waals surface area contributed by atoms with Crippen molar-refractivity contribution in [3.05, 3.63) is 23.8 Å². The van der Waals surface area contributed by atoms with Gasteiger partial charge in [0.05, 0.1) is 11.3 Å². The van der Waals surface area contributed by atoms with Gasteiger partial charge in [0, 0.05) is 13.5 Å². The van der Waals surface area contributed by atoms with Gasteiger partial charge in [0.25, 0.3) is 5.91 Å². The number of benzene rings is 1. The van der Waals surface area contributed by atoms with E-state index in [1.165, 1.54) is 0 Å². The van der Waals surface area contributed by atoms with Gasteiger partial charge >= 0.3 is 0 Å². The lowest BCUT2D eigenvalue weighted by Gasteiger charge is -2.27. The first kappa shape index (κ1) is 11.9. The fourth-order valence-electron chi connectivity index (χ4n) is 1.93. The Balaban J connectivity index is 2.32.